The van der Waals surface area contributed by atoms with Crippen molar-refractivity contribution >= 4 is 54.6 Å². The molecular weight excluding hydrogens is 673 g/mol. The van der Waals surface area contributed by atoms with Gasteiger partial charge in [-0.05, 0) is 98.5 Å². The normalized spacial score (nSPS) is 16.8. The molecule has 5 aromatic rings. The van der Waals surface area contributed by atoms with Crippen molar-refractivity contribution in [3.8, 4) is 0 Å². The van der Waals surface area contributed by atoms with Crippen molar-refractivity contribution in [2.75, 3.05) is 19.2 Å². The third-order valence-corrected chi connectivity index (χ3v) is 12.9. The van der Waals surface area contributed by atoms with E-state index in [4.69, 9.17) is 0 Å². The number of fused-ring (bicyclic) bond motifs is 2. The van der Waals surface area contributed by atoms with Crippen LogP contribution in [0.15, 0.2) is 131 Å². The molecular formula is C38H34N4O6S2. The van der Waals surface area contributed by atoms with Crippen LogP contribution in [0.4, 0.5) is 22.7 Å². The van der Waals surface area contributed by atoms with E-state index in [1.54, 1.807) is 48.5 Å². The second-order valence-corrected chi connectivity index (χ2v) is 16.1. The highest BCUT2D eigenvalue weighted by Crippen LogP contribution is 2.38. The standard InChI is InChI=1S/C38H34N4O6S2/c1-25-21-27-11-3-7-19-35(27)41(25)49(45,46)31-15-9-13-29(23-31)37(43)39-33-17-5-6-18-34(33)40-38(44)30-14-10-16-32(24-30)50(47,48)42-26(2)22-28-12-4-8-20-36(28)42/h3-20,23-26H,21-22H2,1-2H3,(H,39,43)(H,40,44)/t25-,26-/m1/s1. The van der Waals surface area contributed by atoms with Crippen molar-refractivity contribution < 1.29 is 26.4 Å². The van der Waals surface area contributed by atoms with E-state index in [2.05, 4.69) is 10.6 Å². The minimum atomic E-state index is -3.97. The Hall–Kier alpha value is -5.46. The maximum atomic E-state index is 13.8. The van der Waals surface area contributed by atoms with Gasteiger partial charge in [0.05, 0.1) is 32.5 Å². The maximum Gasteiger partial charge on any atom is 0.264 e. The zero-order valence-electron chi connectivity index (χ0n) is 27.3. The highest BCUT2D eigenvalue weighted by atomic mass is 32.2. The van der Waals surface area contributed by atoms with Crippen LogP contribution in [0.3, 0.4) is 0 Å². The average Bonchev–Trinajstić information content (AvgIpc) is 3.65. The fourth-order valence-electron chi connectivity index (χ4n) is 6.72. The summed E-state index contributed by atoms with van der Waals surface area (Å²) >= 11 is 0. The summed E-state index contributed by atoms with van der Waals surface area (Å²) in [5, 5.41) is 5.56. The van der Waals surface area contributed by atoms with Gasteiger partial charge < -0.3 is 10.6 Å². The van der Waals surface area contributed by atoms with Crippen LogP contribution >= 0.6 is 0 Å². The van der Waals surface area contributed by atoms with Crippen molar-refractivity contribution in [3.05, 3.63) is 144 Å². The number of para-hydroxylation sites is 4. The fourth-order valence-corrected chi connectivity index (χ4v) is 10.2. The maximum absolute atomic E-state index is 13.8. The predicted octanol–water partition coefficient (Wildman–Crippen LogP) is 6.47. The van der Waals surface area contributed by atoms with Gasteiger partial charge in [-0.15, -0.1) is 0 Å². The molecule has 2 atom stereocenters. The number of anilines is 4. The van der Waals surface area contributed by atoms with Crippen LogP contribution in [-0.2, 0) is 32.9 Å². The first-order valence-electron chi connectivity index (χ1n) is 16.1. The molecule has 0 saturated heterocycles. The van der Waals surface area contributed by atoms with Gasteiger partial charge >= 0.3 is 0 Å². The van der Waals surface area contributed by atoms with Crippen LogP contribution in [-0.4, -0.2) is 40.7 Å². The van der Waals surface area contributed by atoms with Crippen molar-refractivity contribution in [3.63, 3.8) is 0 Å². The van der Waals surface area contributed by atoms with Crippen molar-refractivity contribution in [1.82, 2.24) is 0 Å². The number of nitrogens with zero attached hydrogens (tertiary/aromatic N) is 2. The number of rotatable bonds is 8. The summed E-state index contributed by atoms with van der Waals surface area (Å²) in [7, 11) is -7.94. The van der Waals surface area contributed by atoms with Crippen LogP contribution in [0, 0.1) is 0 Å². The van der Waals surface area contributed by atoms with E-state index in [1.807, 2.05) is 38.1 Å². The lowest BCUT2D eigenvalue weighted by atomic mass is 10.1. The first-order chi connectivity index (χ1) is 23.9. The fraction of sp³-hybridized carbons (Fsp3) is 0.158. The Balaban J connectivity index is 1.10. The Kier molecular flexibility index (Phi) is 8.44. The largest absolute Gasteiger partial charge is 0.320 e. The molecule has 12 heteroatoms. The molecule has 10 nitrogen and oxygen atoms in total. The number of benzene rings is 5. The Morgan fingerprint density at radius 2 is 0.920 bits per heavy atom. The van der Waals surface area contributed by atoms with E-state index >= 15 is 0 Å². The number of amides is 2. The Morgan fingerprint density at radius 3 is 1.34 bits per heavy atom. The highest BCUT2D eigenvalue weighted by Gasteiger charge is 2.37. The number of carbonyl (C=O) groups excluding carboxylic acids is 2. The molecule has 7 rings (SSSR count). The number of carbonyl (C=O) groups is 2. The second kappa shape index (κ2) is 12.8. The SMILES string of the molecule is C[C@@H]1Cc2ccccc2N1S(=O)(=O)c1cccc(C(=O)Nc2ccccc2NC(=O)c2cccc(S(=O)(=O)N3c4ccccc4C[C@H]3C)c2)c1. The van der Waals surface area contributed by atoms with E-state index in [9.17, 15) is 26.4 Å². The third-order valence-electron chi connectivity index (χ3n) is 9.02. The molecule has 2 N–H and O–H groups in total. The van der Waals surface area contributed by atoms with Gasteiger partial charge in [-0.25, -0.2) is 16.8 Å². The molecule has 2 amide bonds. The topological polar surface area (TPSA) is 133 Å². The van der Waals surface area contributed by atoms with Crippen LogP contribution < -0.4 is 19.2 Å². The average molecular weight is 707 g/mol. The summed E-state index contributed by atoms with van der Waals surface area (Å²) in [5.41, 5.74) is 3.90. The summed E-state index contributed by atoms with van der Waals surface area (Å²) in [6, 6.07) is 32.4. The molecule has 254 valence electrons. The molecule has 0 unspecified atom stereocenters. The minimum absolute atomic E-state index is 0.0167. The van der Waals surface area contributed by atoms with Crippen LogP contribution in [0.5, 0.6) is 0 Å². The Morgan fingerprint density at radius 1 is 0.540 bits per heavy atom. The summed E-state index contributed by atoms with van der Waals surface area (Å²) in [6.45, 7) is 3.70. The lowest BCUT2D eigenvalue weighted by Crippen LogP contribution is -2.35. The summed E-state index contributed by atoms with van der Waals surface area (Å²) in [4.78, 5) is 26.9. The van der Waals surface area contributed by atoms with Crippen LogP contribution in [0.2, 0.25) is 0 Å². The molecule has 0 bridgehead atoms. The van der Waals surface area contributed by atoms with E-state index in [-0.39, 0.29) is 44.4 Å². The molecule has 0 spiro atoms. The van der Waals surface area contributed by atoms with Gasteiger partial charge in [-0.1, -0.05) is 60.7 Å². The van der Waals surface area contributed by atoms with Gasteiger partial charge in [0.2, 0.25) is 0 Å². The van der Waals surface area contributed by atoms with Crippen molar-refractivity contribution in [2.24, 2.45) is 0 Å². The van der Waals surface area contributed by atoms with Gasteiger partial charge in [0, 0.05) is 23.2 Å². The minimum Gasteiger partial charge on any atom is -0.320 e. The van der Waals surface area contributed by atoms with Crippen molar-refractivity contribution in [2.45, 2.75) is 48.6 Å². The summed E-state index contributed by atoms with van der Waals surface area (Å²) in [5.74, 6) is -1.15. The van der Waals surface area contributed by atoms with E-state index in [0.717, 1.165) is 11.1 Å². The second-order valence-electron chi connectivity index (χ2n) is 12.5. The summed E-state index contributed by atoms with van der Waals surface area (Å²) < 4.78 is 57.9. The third kappa shape index (κ3) is 5.90. The monoisotopic (exact) mass is 706 g/mol. The smallest absolute Gasteiger partial charge is 0.264 e. The van der Waals surface area contributed by atoms with Gasteiger partial charge in [0.15, 0.2) is 0 Å². The van der Waals surface area contributed by atoms with Crippen molar-refractivity contribution in [1.29, 1.82) is 0 Å². The molecule has 0 aromatic heterocycles. The van der Waals surface area contributed by atoms with Gasteiger partial charge in [0.1, 0.15) is 0 Å². The molecule has 0 fully saturated rings. The molecule has 50 heavy (non-hydrogen) atoms. The number of hydrogen-bond donors (Lipinski definition) is 2. The lowest BCUT2D eigenvalue weighted by Gasteiger charge is -2.24. The van der Waals surface area contributed by atoms with E-state index in [1.165, 1.54) is 57.1 Å². The first-order valence-corrected chi connectivity index (χ1v) is 19.0. The molecule has 0 saturated carbocycles. The van der Waals surface area contributed by atoms with Gasteiger partial charge in [0.25, 0.3) is 31.9 Å². The van der Waals surface area contributed by atoms with Crippen LogP contribution in [0.1, 0.15) is 45.7 Å². The van der Waals surface area contributed by atoms with E-state index < -0.39 is 31.9 Å². The van der Waals surface area contributed by atoms with Gasteiger partial charge in [-0.3, -0.25) is 18.2 Å². The number of sulfonamides is 2. The zero-order chi connectivity index (χ0) is 35.2. The number of hydrogen-bond acceptors (Lipinski definition) is 6. The molecule has 0 aliphatic carbocycles. The van der Waals surface area contributed by atoms with Crippen LogP contribution in [0.25, 0.3) is 0 Å². The van der Waals surface area contributed by atoms with E-state index in [0.29, 0.717) is 24.2 Å². The molecule has 2 heterocycles. The zero-order valence-corrected chi connectivity index (χ0v) is 28.9. The Bertz CT molecular complexity index is 2210. The predicted molar refractivity (Wildman–Crippen MR) is 194 cm³/mol. The number of nitrogens with one attached hydrogen (secondary N) is 2. The molecule has 2 aliphatic rings. The summed E-state index contributed by atoms with van der Waals surface area (Å²) in [6.07, 6.45) is 1.18. The highest BCUT2D eigenvalue weighted by molar-refractivity contribution is 7.93. The molecule has 5 aromatic carbocycles. The quantitative estimate of drug-likeness (QED) is 0.190. The van der Waals surface area contributed by atoms with Gasteiger partial charge in [-0.2, -0.15) is 0 Å². The molecule has 0 radical (unpaired) electrons. The molecule has 2 aliphatic heterocycles. The Labute approximate surface area is 291 Å². The lowest BCUT2D eigenvalue weighted by molar-refractivity contribution is 0.101. The first kappa shape index (κ1) is 33.1.